The molecule has 5 nitrogen and oxygen atoms in total. The summed E-state index contributed by atoms with van der Waals surface area (Å²) in [5.41, 5.74) is 2.59. The van der Waals surface area contributed by atoms with E-state index in [0.717, 1.165) is 11.1 Å². The SMILES string of the molecule is Cc1ccc(CNC(=O)NCC(=O)Nc2ccc(F)cc2)cc1. The highest BCUT2D eigenvalue weighted by Crippen LogP contribution is 2.07. The van der Waals surface area contributed by atoms with Crippen LogP contribution in [0.1, 0.15) is 11.1 Å². The molecule has 0 atom stereocenters. The summed E-state index contributed by atoms with van der Waals surface area (Å²) in [6.07, 6.45) is 0. The highest BCUT2D eigenvalue weighted by atomic mass is 19.1. The van der Waals surface area contributed by atoms with Crippen molar-refractivity contribution in [1.82, 2.24) is 10.6 Å². The summed E-state index contributed by atoms with van der Waals surface area (Å²) in [7, 11) is 0. The third-order valence-electron chi connectivity index (χ3n) is 3.11. The van der Waals surface area contributed by atoms with Crippen molar-refractivity contribution in [2.45, 2.75) is 13.5 Å². The second-order valence-corrected chi connectivity index (χ2v) is 5.08. The van der Waals surface area contributed by atoms with Gasteiger partial charge in [-0.25, -0.2) is 9.18 Å². The summed E-state index contributed by atoms with van der Waals surface area (Å²) in [6.45, 7) is 2.20. The molecule has 0 aliphatic rings. The zero-order valence-electron chi connectivity index (χ0n) is 12.7. The van der Waals surface area contributed by atoms with Crippen LogP contribution >= 0.6 is 0 Å². The Balaban J connectivity index is 1.70. The zero-order chi connectivity index (χ0) is 16.7. The van der Waals surface area contributed by atoms with E-state index in [1.165, 1.54) is 24.3 Å². The van der Waals surface area contributed by atoms with Gasteiger partial charge in [-0.1, -0.05) is 29.8 Å². The number of carbonyl (C=O) groups excluding carboxylic acids is 2. The Hall–Kier alpha value is -2.89. The van der Waals surface area contributed by atoms with Crippen LogP contribution in [0, 0.1) is 12.7 Å². The molecule has 0 saturated heterocycles. The van der Waals surface area contributed by atoms with Crippen LogP contribution in [0.15, 0.2) is 48.5 Å². The minimum atomic E-state index is -0.431. The predicted octanol–water partition coefficient (Wildman–Crippen LogP) is 2.57. The first kappa shape index (κ1) is 16.5. The molecule has 0 heterocycles. The maximum Gasteiger partial charge on any atom is 0.315 e. The van der Waals surface area contributed by atoms with Crippen LogP contribution in [-0.4, -0.2) is 18.5 Å². The van der Waals surface area contributed by atoms with E-state index in [4.69, 9.17) is 0 Å². The van der Waals surface area contributed by atoms with E-state index < -0.39 is 6.03 Å². The van der Waals surface area contributed by atoms with E-state index >= 15 is 0 Å². The zero-order valence-corrected chi connectivity index (χ0v) is 12.7. The number of rotatable bonds is 5. The quantitative estimate of drug-likeness (QED) is 0.793. The van der Waals surface area contributed by atoms with Crippen LogP contribution in [0.5, 0.6) is 0 Å². The lowest BCUT2D eigenvalue weighted by atomic mass is 10.1. The van der Waals surface area contributed by atoms with Gasteiger partial charge in [-0.2, -0.15) is 0 Å². The lowest BCUT2D eigenvalue weighted by Gasteiger charge is -2.09. The molecule has 3 amide bonds. The van der Waals surface area contributed by atoms with Crippen molar-refractivity contribution in [1.29, 1.82) is 0 Å². The second-order valence-electron chi connectivity index (χ2n) is 5.08. The van der Waals surface area contributed by atoms with Gasteiger partial charge in [0, 0.05) is 12.2 Å². The molecule has 0 unspecified atom stereocenters. The molecule has 0 radical (unpaired) electrons. The maximum absolute atomic E-state index is 12.7. The van der Waals surface area contributed by atoms with Crippen molar-refractivity contribution in [3.8, 4) is 0 Å². The number of hydrogen-bond acceptors (Lipinski definition) is 2. The summed E-state index contributed by atoms with van der Waals surface area (Å²) < 4.78 is 12.7. The number of urea groups is 1. The molecule has 2 aromatic carbocycles. The molecule has 0 fully saturated rings. The Morgan fingerprint density at radius 1 is 0.957 bits per heavy atom. The highest BCUT2D eigenvalue weighted by molar-refractivity contribution is 5.94. The van der Waals surface area contributed by atoms with E-state index in [2.05, 4.69) is 16.0 Å². The van der Waals surface area contributed by atoms with Crippen molar-refractivity contribution < 1.29 is 14.0 Å². The van der Waals surface area contributed by atoms with E-state index in [9.17, 15) is 14.0 Å². The molecular weight excluding hydrogens is 297 g/mol. The summed E-state index contributed by atoms with van der Waals surface area (Å²) in [4.78, 5) is 23.3. The van der Waals surface area contributed by atoms with Crippen LogP contribution in [0.3, 0.4) is 0 Å². The topological polar surface area (TPSA) is 70.2 Å². The third-order valence-corrected chi connectivity index (χ3v) is 3.11. The average molecular weight is 315 g/mol. The number of aryl methyl sites for hydroxylation is 1. The lowest BCUT2D eigenvalue weighted by Crippen LogP contribution is -2.39. The molecule has 6 heteroatoms. The number of carbonyl (C=O) groups is 2. The Morgan fingerprint density at radius 3 is 2.26 bits per heavy atom. The van der Waals surface area contributed by atoms with Gasteiger partial charge in [-0.3, -0.25) is 4.79 Å². The van der Waals surface area contributed by atoms with E-state index in [0.29, 0.717) is 12.2 Å². The number of amides is 3. The summed E-state index contributed by atoms with van der Waals surface area (Å²) >= 11 is 0. The number of halogens is 1. The van der Waals surface area contributed by atoms with Gasteiger partial charge in [0.05, 0.1) is 6.54 Å². The molecule has 23 heavy (non-hydrogen) atoms. The lowest BCUT2D eigenvalue weighted by molar-refractivity contribution is -0.115. The molecule has 2 rings (SSSR count). The van der Waals surface area contributed by atoms with Gasteiger partial charge < -0.3 is 16.0 Å². The fourth-order valence-corrected chi connectivity index (χ4v) is 1.85. The molecule has 120 valence electrons. The first-order chi connectivity index (χ1) is 11.0. The largest absolute Gasteiger partial charge is 0.334 e. The number of benzene rings is 2. The van der Waals surface area contributed by atoms with Crippen molar-refractivity contribution in [2.75, 3.05) is 11.9 Å². The molecular formula is C17H18FN3O2. The molecule has 2 aromatic rings. The fraction of sp³-hybridized carbons (Fsp3) is 0.176. The van der Waals surface area contributed by atoms with Crippen molar-refractivity contribution >= 4 is 17.6 Å². The minimum absolute atomic E-state index is 0.170. The van der Waals surface area contributed by atoms with Crippen LogP contribution in [0.25, 0.3) is 0 Å². The third kappa shape index (κ3) is 5.78. The molecule has 0 spiro atoms. The van der Waals surface area contributed by atoms with Crippen molar-refractivity contribution in [3.63, 3.8) is 0 Å². The molecule has 0 aliphatic heterocycles. The first-order valence-electron chi connectivity index (χ1n) is 7.15. The molecule has 0 aromatic heterocycles. The van der Waals surface area contributed by atoms with Gasteiger partial charge in [-0.15, -0.1) is 0 Å². The van der Waals surface area contributed by atoms with Gasteiger partial charge in [-0.05, 0) is 36.8 Å². The second kappa shape index (κ2) is 7.93. The van der Waals surface area contributed by atoms with E-state index in [-0.39, 0.29) is 18.3 Å². The Kier molecular flexibility index (Phi) is 5.68. The monoisotopic (exact) mass is 315 g/mol. The van der Waals surface area contributed by atoms with Crippen molar-refractivity contribution in [2.24, 2.45) is 0 Å². The molecule has 0 saturated carbocycles. The maximum atomic E-state index is 12.7. The number of anilines is 1. The first-order valence-corrected chi connectivity index (χ1v) is 7.15. The Labute approximate surface area is 133 Å². The Bertz CT molecular complexity index is 669. The fourth-order valence-electron chi connectivity index (χ4n) is 1.85. The molecule has 0 aliphatic carbocycles. The molecule has 0 bridgehead atoms. The van der Waals surface area contributed by atoms with E-state index in [1.54, 1.807) is 0 Å². The van der Waals surface area contributed by atoms with E-state index in [1.807, 2.05) is 31.2 Å². The van der Waals surface area contributed by atoms with Crippen LogP contribution in [-0.2, 0) is 11.3 Å². The number of hydrogen-bond donors (Lipinski definition) is 3. The summed E-state index contributed by atoms with van der Waals surface area (Å²) in [5.74, 6) is -0.765. The van der Waals surface area contributed by atoms with Gasteiger partial charge in [0.25, 0.3) is 0 Å². The average Bonchev–Trinajstić information content (AvgIpc) is 2.54. The molecule has 3 N–H and O–H groups in total. The van der Waals surface area contributed by atoms with Crippen LogP contribution in [0.4, 0.5) is 14.9 Å². The van der Waals surface area contributed by atoms with Gasteiger partial charge >= 0.3 is 6.03 Å². The standard InChI is InChI=1S/C17H18FN3O2/c1-12-2-4-13(5-3-12)10-19-17(23)20-11-16(22)21-15-8-6-14(18)7-9-15/h2-9H,10-11H2,1H3,(H,21,22)(H2,19,20,23). The summed E-state index contributed by atoms with van der Waals surface area (Å²) in [6, 6.07) is 12.7. The van der Waals surface area contributed by atoms with Gasteiger partial charge in [0.1, 0.15) is 5.82 Å². The normalized spacial score (nSPS) is 10.0. The predicted molar refractivity (Wildman–Crippen MR) is 86.4 cm³/mol. The van der Waals surface area contributed by atoms with Crippen LogP contribution < -0.4 is 16.0 Å². The van der Waals surface area contributed by atoms with Gasteiger partial charge in [0.2, 0.25) is 5.91 Å². The highest BCUT2D eigenvalue weighted by Gasteiger charge is 2.05. The summed E-state index contributed by atoms with van der Waals surface area (Å²) in [5, 5.41) is 7.68. The number of nitrogens with one attached hydrogen (secondary N) is 3. The minimum Gasteiger partial charge on any atom is -0.334 e. The van der Waals surface area contributed by atoms with Crippen LogP contribution in [0.2, 0.25) is 0 Å². The van der Waals surface area contributed by atoms with Gasteiger partial charge in [0.15, 0.2) is 0 Å². The smallest absolute Gasteiger partial charge is 0.315 e. The van der Waals surface area contributed by atoms with Crippen molar-refractivity contribution in [3.05, 3.63) is 65.5 Å². The Morgan fingerprint density at radius 2 is 1.61 bits per heavy atom.